The van der Waals surface area contributed by atoms with Gasteiger partial charge in [-0.25, -0.2) is 13.6 Å². The highest BCUT2D eigenvalue weighted by atomic mass is 32.2. The molecule has 0 radical (unpaired) electrons. The Morgan fingerprint density at radius 3 is 2.32 bits per heavy atom. The van der Waals surface area contributed by atoms with Crippen molar-refractivity contribution in [3.8, 4) is 5.75 Å². The number of amides is 2. The van der Waals surface area contributed by atoms with Gasteiger partial charge in [0.05, 0.1) is 23.4 Å². The molecule has 3 aromatic carbocycles. The quantitative estimate of drug-likeness (QED) is 0.650. The molecule has 0 saturated carbocycles. The van der Waals surface area contributed by atoms with Crippen molar-refractivity contribution in [1.29, 1.82) is 0 Å². The van der Waals surface area contributed by atoms with Crippen LogP contribution in [0.1, 0.15) is 22.0 Å². The summed E-state index contributed by atoms with van der Waals surface area (Å²) in [6.45, 7) is 0. The molecule has 0 aliphatic carbocycles. The van der Waals surface area contributed by atoms with Crippen LogP contribution < -0.4 is 20.1 Å². The van der Waals surface area contributed by atoms with E-state index >= 15 is 0 Å². The highest BCUT2D eigenvalue weighted by Gasteiger charge is 2.38. The maximum absolute atomic E-state index is 13.5. The molecule has 0 aromatic heterocycles. The van der Waals surface area contributed by atoms with Crippen molar-refractivity contribution in [2.75, 3.05) is 17.3 Å². The van der Waals surface area contributed by atoms with Gasteiger partial charge >= 0.3 is 0 Å². The average Bonchev–Trinajstić information content (AvgIpc) is 2.77. The first-order valence-corrected chi connectivity index (χ1v) is 10.8. The molecule has 3 aromatic rings. The Labute approximate surface area is 179 Å². The summed E-state index contributed by atoms with van der Waals surface area (Å²) in [6, 6.07) is 18.5. The Morgan fingerprint density at radius 2 is 1.71 bits per heavy atom. The number of ether oxygens (including phenoxy) is 1. The topological polar surface area (TPSA) is 119 Å². The minimum Gasteiger partial charge on any atom is -0.497 e. The molecular formula is C22H19N3O5S. The van der Waals surface area contributed by atoms with Crippen LogP contribution in [-0.2, 0) is 14.8 Å². The van der Waals surface area contributed by atoms with Gasteiger partial charge in [0, 0.05) is 5.56 Å². The predicted octanol–water partition coefficient (Wildman–Crippen LogP) is 2.68. The van der Waals surface area contributed by atoms with Gasteiger partial charge in [-0.05, 0) is 48.0 Å². The van der Waals surface area contributed by atoms with Crippen LogP contribution >= 0.6 is 0 Å². The van der Waals surface area contributed by atoms with Gasteiger partial charge in [-0.3, -0.25) is 14.5 Å². The van der Waals surface area contributed by atoms with Crippen LogP contribution in [0.2, 0.25) is 0 Å². The van der Waals surface area contributed by atoms with E-state index in [-0.39, 0.29) is 10.6 Å². The number of carbonyl (C=O) groups excluding carboxylic acids is 2. The van der Waals surface area contributed by atoms with Gasteiger partial charge in [-0.15, -0.1) is 0 Å². The number of rotatable bonds is 4. The number of hydrogen-bond donors (Lipinski definition) is 2. The van der Waals surface area contributed by atoms with E-state index in [2.05, 4.69) is 5.32 Å². The van der Waals surface area contributed by atoms with E-state index in [4.69, 9.17) is 9.88 Å². The van der Waals surface area contributed by atoms with Crippen molar-refractivity contribution in [2.45, 2.75) is 10.9 Å². The van der Waals surface area contributed by atoms with Gasteiger partial charge in [0.25, 0.3) is 11.8 Å². The van der Waals surface area contributed by atoms with E-state index in [9.17, 15) is 18.0 Å². The highest BCUT2D eigenvalue weighted by Crippen LogP contribution is 2.40. The van der Waals surface area contributed by atoms with Crippen LogP contribution in [0.15, 0.2) is 77.7 Å². The fraction of sp³-hybridized carbons (Fsp3) is 0.0909. The maximum Gasteiger partial charge on any atom is 0.259 e. The molecule has 8 nitrogen and oxygen atoms in total. The molecule has 2 amide bonds. The molecule has 0 spiro atoms. The summed E-state index contributed by atoms with van der Waals surface area (Å²) in [5, 5.41) is 7.93. The highest BCUT2D eigenvalue weighted by molar-refractivity contribution is 7.89. The number of sulfonamides is 1. The Kier molecular flexibility index (Phi) is 5.22. The van der Waals surface area contributed by atoms with Gasteiger partial charge in [0.1, 0.15) is 11.8 Å². The number of benzene rings is 3. The number of hydrogen-bond acceptors (Lipinski definition) is 5. The molecule has 1 heterocycles. The van der Waals surface area contributed by atoms with Crippen molar-refractivity contribution >= 4 is 33.2 Å². The van der Waals surface area contributed by atoms with Crippen LogP contribution in [0, 0.1) is 0 Å². The van der Waals surface area contributed by atoms with E-state index in [0.29, 0.717) is 22.6 Å². The maximum atomic E-state index is 13.5. The van der Waals surface area contributed by atoms with Gasteiger partial charge < -0.3 is 10.1 Å². The standard InChI is InChI=1S/C22H19N3O5S/c1-30-16-9-7-15(8-10-16)22(27)25-19-12-11-17(31(23,28)29)13-18(19)24-21(26)20(25)14-5-3-2-4-6-14/h2-13,20H,1H3,(H,24,26)(H2,23,28,29). The molecule has 3 N–H and O–H groups in total. The lowest BCUT2D eigenvalue weighted by atomic mass is 9.99. The second-order valence-electron chi connectivity index (χ2n) is 6.93. The minimum atomic E-state index is -3.99. The van der Waals surface area contributed by atoms with E-state index in [1.807, 2.05) is 6.07 Å². The van der Waals surface area contributed by atoms with Crippen LogP contribution in [0.3, 0.4) is 0 Å². The average molecular weight is 437 g/mol. The van der Waals surface area contributed by atoms with Gasteiger partial charge in [-0.1, -0.05) is 30.3 Å². The van der Waals surface area contributed by atoms with Crippen molar-refractivity contribution in [3.63, 3.8) is 0 Å². The molecule has 0 saturated heterocycles. The zero-order chi connectivity index (χ0) is 22.2. The molecule has 1 unspecified atom stereocenters. The minimum absolute atomic E-state index is 0.165. The molecular weight excluding hydrogens is 418 g/mol. The second-order valence-corrected chi connectivity index (χ2v) is 8.49. The number of fused-ring (bicyclic) bond motifs is 1. The van der Waals surface area contributed by atoms with E-state index in [0.717, 1.165) is 0 Å². The Bertz CT molecular complexity index is 1260. The summed E-state index contributed by atoms with van der Waals surface area (Å²) in [7, 11) is -2.46. The van der Waals surface area contributed by atoms with Crippen LogP contribution in [0.5, 0.6) is 5.75 Å². The fourth-order valence-corrected chi connectivity index (χ4v) is 4.03. The fourth-order valence-electron chi connectivity index (χ4n) is 3.49. The summed E-state index contributed by atoms with van der Waals surface area (Å²) in [6.07, 6.45) is 0. The lowest BCUT2D eigenvalue weighted by molar-refractivity contribution is -0.117. The third-order valence-corrected chi connectivity index (χ3v) is 5.90. The zero-order valence-electron chi connectivity index (χ0n) is 16.5. The third-order valence-electron chi connectivity index (χ3n) is 4.99. The van der Waals surface area contributed by atoms with Crippen LogP contribution in [0.4, 0.5) is 11.4 Å². The molecule has 0 bridgehead atoms. The second kappa shape index (κ2) is 7.86. The molecule has 1 atom stereocenters. The van der Waals surface area contributed by atoms with Crippen molar-refractivity contribution in [3.05, 3.63) is 83.9 Å². The van der Waals surface area contributed by atoms with Crippen molar-refractivity contribution in [2.24, 2.45) is 5.14 Å². The third kappa shape index (κ3) is 3.88. The summed E-state index contributed by atoms with van der Waals surface area (Å²) < 4.78 is 28.7. The normalized spacial score (nSPS) is 15.7. The number of primary sulfonamides is 1. The lowest BCUT2D eigenvalue weighted by Gasteiger charge is -2.37. The van der Waals surface area contributed by atoms with Gasteiger partial charge in [0.2, 0.25) is 10.0 Å². The molecule has 9 heteroatoms. The summed E-state index contributed by atoms with van der Waals surface area (Å²) in [4.78, 5) is 27.8. The van der Waals surface area contributed by atoms with E-state index in [1.54, 1.807) is 48.5 Å². The first-order chi connectivity index (χ1) is 14.8. The first-order valence-electron chi connectivity index (χ1n) is 9.30. The number of anilines is 2. The molecule has 1 aliphatic rings. The lowest BCUT2D eigenvalue weighted by Crippen LogP contribution is -2.45. The Hall–Kier alpha value is -3.69. The number of methoxy groups -OCH3 is 1. The molecule has 0 fully saturated rings. The predicted molar refractivity (Wildman–Crippen MR) is 115 cm³/mol. The van der Waals surface area contributed by atoms with Crippen molar-refractivity contribution in [1.82, 2.24) is 0 Å². The first kappa shape index (κ1) is 20.6. The monoisotopic (exact) mass is 437 g/mol. The van der Waals surface area contributed by atoms with Crippen LogP contribution in [-0.4, -0.2) is 27.3 Å². The largest absolute Gasteiger partial charge is 0.497 e. The molecule has 31 heavy (non-hydrogen) atoms. The van der Waals surface area contributed by atoms with Crippen LogP contribution in [0.25, 0.3) is 0 Å². The zero-order valence-corrected chi connectivity index (χ0v) is 17.3. The van der Waals surface area contributed by atoms with E-state index in [1.165, 1.54) is 30.2 Å². The summed E-state index contributed by atoms with van der Waals surface area (Å²) in [5.41, 5.74) is 1.51. The number of nitrogens with one attached hydrogen (secondary N) is 1. The van der Waals surface area contributed by atoms with Gasteiger partial charge in [0.15, 0.2) is 0 Å². The summed E-state index contributed by atoms with van der Waals surface area (Å²) >= 11 is 0. The molecule has 1 aliphatic heterocycles. The SMILES string of the molecule is COc1ccc(C(=O)N2c3ccc(S(N)(=O)=O)cc3NC(=O)C2c2ccccc2)cc1. The smallest absolute Gasteiger partial charge is 0.259 e. The summed E-state index contributed by atoms with van der Waals surface area (Å²) in [5.74, 6) is -0.297. The van der Waals surface area contributed by atoms with Gasteiger partial charge in [-0.2, -0.15) is 0 Å². The Balaban J connectivity index is 1.87. The van der Waals surface area contributed by atoms with Crippen molar-refractivity contribution < 1.29 is 22.7 Å². The Morgan fingerprint density at radius 1 is 1.03 bits per heavy atom. The number of nitrogens with zero attached hydrogens (tertiary/aromatic N) is 1. The number of nitrogens with two attached hydrogens (primary N) is 1. The molecule has 158 valence electrons. The van der Waals surface area contributed by atoms with E-state index < -0.39 is 27.9 Å². The number of carbonyl (C=O) groups is 2. The molecule has 4 rings (SSSR count).